The molecule has 1 amide bonds. The fourth-order valence-electron chi connectivity index (χ4n) is 1.78. The maximum atomic E-state index is 13.5. The summed E-state index contributed by atoms with van der Waals surface area (Å²) < 4.78 is 40.4. The molecule has 0 aromatic heterocycles. The van der Waals surface area contributed by atoms with Crippen LogP contribution in [0.25, 0.3) is 0 Å². The molecule has 0 radical (unpaired) electrons. The summed E-state index contributed by atoms with van der Waals surface area (Å²) in [5.74, 6) is 1.71. The zero-order valence-corrected chi connectivity index (χ0v) is 11.0. The summed E-state index contributed by atoms with van der Waals surface area (Å²) in [7, 11) is 0. The minimum absolute atomic E-state index is 0.224. The molecule has 0 aliphatic carbocycles. The molecule has 4 N–H and O–H groups in total. The molecule has 0 heterocycles. The van der Waals surface area contributed by atoms with E-state index >= 15 is 0 Å². The van der Waals surface area contributed by atoms with Crippen LogP contribution < -0.4 is 16.6 Å². The maximum absolute atomic E-state index is 13.5. The number of nitrogens with one attached hydrogen (secondary N) is 2. The summed E-state index contributed by atoms with van der Waals surface area (Å²) in [4.78, 5) is 12.0. The minimum atomic E-state index is -1.00. The SMILES string of the molecule is Cc1c(F)cccc1NC(=O)c1cc(F)c(NN)c(F)c1. The van der Waals surface area contributed by atoms with Crippen molar-refractivity contribution < 1.29 is 18.0 Å². The van der Waals surface area contributed by atoms with Crippen molar-refractivity contribution in [1.82, 2.24) is 0 Å². The molecule has 0 saturated carbocycles. The first-order valence-electron chi connectivity index (χ1n) is 5.96. The number of hydrazine groups is 1. The monoisotopic (exact) mass is 295 g/mol. The van der Waals surface area contributed by atoms with E-state index in [1.54, 1.807) is 0 Å². The largest absolute Gasteiger partial charge is 0.322 e. The normalized spacial score (nSPS) is 10.3. The van der Waals surface area contributed by atoms with Crippen LogP contribution in [0.5, 0.6) is 0 Å². The van der Waals surface area contributed by atoms with Gasteiger partial charge in [-0.15, -0.1) is 0 Å². The lowest BCUT2D eigenvalue weighted by molar-refractivity contribution is 0.102. The molecule has 0 aliphatic heterocycles. The van der Waals surface area contributed by atoms with Gasteiger partial charge in [-0.3, -0.25) is 10.6 Å². The van der Waals surface area contributed by atoms with Gasteiger partial charge in [0.25, 0.3) is 5.91 Å². The number of anilines is 2. The second-order valence-electron chi connectivity index (χ2n) is 4.33. The van der Waals surface area contributed by atoms with Gasteiger partial charge in [-0.1, -0.05) is 6.07 Å². The fraction of sp³-hybridized carbons (Fsp3) is 0.0714. The first-order chi connectivity index (χ1) is 9.93. The Morgan fingerprint density at radius 3 is 2.29 bits per heavy atom. The van der Waals surface area contributed by atoms with Crippen molar-refractivity contribution in [2.45, 2.75) is 6.92 Å². The van der Waals surface area contributed by atoms with Gasteiger partial charge in [0.15, 0.2) is 11.6 Å². The summed E-state index contributed by atoms with van der Waals surface area (Å²) >= 11 is 0. The topological polar surface area (TPSA) is 67.2 Å². The van der Waals surface area contributed by atoms with Gasteiger partial charge < -0.3 is 10.7 Å². The number of carbonyl (C=O) groups is 1. The van der Waals surface area contributed by atoms with Gasteiger partial charge in [0.2, 0.25) is 0 Å². The Morgan fingerprint density at radius 1 is 1.10 bits per heavy atom. The van der Waals surface area contributed by atoms with E-state index in [4.69, 9.17) is 5.84 Å². The zero-order valence-electron chi connectivity index (χ0n) is 11.0. The molecule has 7 heteroatoms. The molecule has 0 unspecified atom stereocenters. The van der Waals surface area contributed by atoms with Crippen molar-refractivity contribution in [3.63, 3.8) is 0 Å². The van der Waals surface area contributed by atoms with E-state index in [2.05, 4.69) is 5.32 Å². The van der Waals surface area contributed by atoms with Crippen LogP contribution >= 0.6 is 0 Å². The first-order valence-corrected chi connectivity index (χ1v) is 5.96. The van der Waals surface area contributed by atoms with E-state index in [9.17, 15) is 18.0 Å². The molecule has 0 fully saturated rings. The maximum Gasteiger partial charge on any atom is 0.255 e. The van der Waals surface area contributed by atoms with Crippen molar-refractivity contribution in [1.29, 1.82) is 0 Å². The van der Waals surface area contributed by atoms with E-state index in [-0.39, 0.29) is 16.8 Å². The summed E-state index contributed by atoms with van der Waals surface area (Å²) in [5.41, 5.74) is 1.54. The van der Waals surface area contributed by atoms with Gasteiger partial charge in [0, 0.05) is 16.8 Å². The molecule has 0 aliphatic rings. The van der Waals surface area contributed by atoms with Crippen LogP contribution in [0, 0.1) is 24.4 Å². The number of rotatable bonds is 3. The predicted molar refractivity (Wildman–Crippen MR) is 73.3 cm³/mol. The quantitative estimate of drug-likeness (QED) is 0.602. The van der Waals surface area contributed by atoms with E-state index in [0.717, 1.165) is 12.1 Å². The van der Waals surface area contributed by atoms with E-state index in [1.807, 2.05) is 5.43 Å². The molecule has 21 heavy (non-hydrogen) atoms. The number of hydrogen-bond acceptors (Lipinski definition) is 3. The summed E-state index contributed by atoms with van der Waals surface area (Å²) in [6.07, 6.45) is 0. The smallest absolute Gasteiger partial charge is 0.255 e. The van der Waals surface area contributed by atoms with Gasteiger partial charge in [0.1, 0.15) is 11.5 Å². The highest BCUT2D eigenvalue weighted by molar-refractivity contribution is 6.04. The second-order valence-corrected chi connectivity index (χ2v) is 4.33. The highest BCUT2D eigenvalue weighted by Gasteiger charge is 2.15. The lowest BCUT2D eigenvalue weighted by atomic mass is 10.1. The molecule has 0 spiro atoms. The van der Waals surface area contributed by atoms with Crippen LogP contribution in [-0.4, -0.2) is 5.91 Å². The zero-order chi connectivity index (χ0) is 15.6. The van der Waals surface area contributed by atoms with Crippen LogP contribution in [0.4, 0.5) is 24.5 Å². The number of amides is 1. The third-order valence-electron chi connectivity index (χ3n) is 2.96. The molecule has 2 aromatic rings. The van der Waals surface area contributed by atoms with Crippen LogP contribution in [0.3, 0.4) is 0 Å². The van der Waals surface area contributed by atoms with Gasteiger partial charge in [-0.05, 0) is 31.2 Å². The number of benzene rings is 2. The molecule has 0 saturated heterocycles. The Kier molecular flexibility index (Phi) is 4.13. The number of nitrogens with two attached hydrogens (primary N) is 1. The molecule has 110 valence electrons. The fourth-order valence-corrected chi connectivity index (χ4v) is 1.78. The van der Waals surface area contributed by atoms with Gasteiger partial charge >= 0.3 is 0 Å². The standard InChI is InChI=1S/C14H12F3N3O/c1-7-9(15)3-2-4-12(7)19-14(21)8-5-10(16)13(20-18)11(17)6-8/h2-6,20H,18H2,1H3,(H,19,21). The average Bonchev–Trinajstić information content (AvgIpc) is 2.43. The Morgan fingerprint density at radius 2 is 1.71 bits per heavy atom. The van der Waals surface area contributed by atoms with Gasteiger partial charge in [0.05, 0.1) is 0 Å². The molecule has 2 rings (SSSR count). The summed E-state index contributed by atoms with van der Waals surface area (Å²) in [5, 5.41) is 2.40. The van der Waals surface area contributed by atoms with Gasteiger partial charge in [-0.2, -0.15) is 0 Å². The lowest BCUT2D eigenvalue weighted by Gasteiger charge is -2.10. The van der Waals surface area contributed by atoms with E-state index in [0.29, 0.717) is 0 Å². The van der Waals surface area contributed by atoms with E-state index < -0.39 is 29.0 Å². The number of halogens is 3. The molecule has 0 atom stereocenters. The van der Waals surface area contributed by atoms with Crippen LogP contribution in [0.1, 0.15) is 15.9 Å². The minimum Gasteiger partial charge on any atom is -0.322 e. The third kappa shape index (κ3) is 2.97. The molecule has 2 aromatic carbocycles. The van der Waals surface area contributed by atoms with Crippen molar-refractivity contribution in [2.24, 2.45) is 5.84 Å². The van der Waals surface area contributed by atoms with Crippen molar-refractivity contribution >= 4 is 17.3 Å². The van der Waals surface area contributed by atoms with Crippen molar-refractivity contribution in [2.75, 3.05) is 10.7 Å². The highest BCUT2D eigenvalue weighted by Crippen LogP contribution is 2.22. The van der Waals surface area contributed by atoms with Crippen LogP contribution in [0.15, 0.2) is 30.3 Å². The first kappa shape index (κ1) is 14.9. The summed E-state index contributed by atoms with van der Waals surface area (Å²) in [6, 6.07) is 5.82. The predicted octanol–water partition coefficient (Wildman–Crippen LogP) is 2.95. The molecular weight excluding hydrogens is 283 g/mol. The Bertz CT molecular complexity index is 681. The van der Waals surface area contributed by atoms with Crippen molar-refractivity contribution in [3.05, 3.63) is 58.9 Å². The Labute approximate surface area is 118 Å². The highest BCUT2D eigenvalue weighted by atomic mass is 19.1. The number of nitrogen functional groups attached to an aromatic ring is 1. The molecule has 4 nitrogen and oxygen atoms in total. The number of carbonyl (C=O) groups excluding carboxylic acids is 1. The van der Waals surface area contributed by atoms with Crippen LogP contribution in [-0.2, 0) is 0 Å². The Balaban J connectivity index is 2.31. The molecular formula is C14H12F3N3O. The van der Waals surface area contributed by atoms with Gasteiger partial charge in [-0.25, -0.2) is 13.2 Å². The summed E-state index contributed by atoms with van der Waals surface area (Å²) in [6.45, 7) is 1.48. The van der Waals surface area contributed by atoms with Crippen molar-refractivity contribution in [3.8, 4) is 0 Å². The number of hydrogen-bond donors (Lipinski definition) is 3. The third-order valence-corrected chi connectivity index (χ3v) is 2.96. The van der Waals surface area contributed by atoms with Crippen LogP contribution in [0.2, 0.25) is 0 Å². The Hall–Kier alpha value is -2.54. The second kappa shape index (κ2) is 5.84. The molecule has 0 bridgehead atoms. The van der Waals surface area contributed by atoms with E-state index in [1.165, 1.54) is 25.1 Å². The lowest BCUT2D eigenvalue weighted by Crippen LogP contribution is -2.16. The average molecular weight is 295 g/mol.